The van der Waals surface area contributed by atoms with Crippen molar-refractivity contribution < 1.29 is 9.52 Å². The molecular weight excluding hydrogens is 294 g/mol. The molecular formula is C16H17N5O2. The minimum atomic E-state index is 0.0507. The molecule has 0 spiro atoms. The average Bonchev–Trinajstić information content (AvgIpc) is 2.93. The number of pyridine rings is 1. The topological polar surface area (TPSA) is 78.5 Å². The second-order valence-corrected chi connectivity index (χ2v) is 5.71. The summed E-state index contributed by atoms with van der Waals surface area (Å²) in [4.78, 5) is 17.3. The van der Waals surface area contributed by atoms with Gasteiger partial charge in [-0.3, -0.25) is 4.98 Å². The molecule has 118 valence electrons. The fourth-order valence-electron chi connectivity index (χ4n) is 2.76. The zero-order valence-corrected chi connectivity index (χ0v) is 12.8. The Labute approximate surface area is 133 Å². The van der Waals surface area contributed by atoms with Crippen LogP contribution in [0.15, 0.2) is 35.3 Å². The highest BCUT2D eigenvalue weighted by atomic mass is 16.4. The number of hydrogen-bond donors (Lipinski definition) is 1. The van der Waals surface area contributed by atoms with Crippen LogP contribution in [0.1, 0.15) is 0 Å². The number of fused-ring (bicyclic) bond motifs is 1. The van der Waals surface area contributed by atoms with Gasteiger partial charge in [0.25, 0.3) is 0 Å². The van der Waals surface area contributed by atoms with Gasteiger partial charge in [-0.05, 0) is 13.1 Å². The molecule has 0 aliphatic carbocycles. The Balaban J connectivity index is 1.63. The van der Waals surface area contributed by atoms with E-state index in [-0.39, 0.29) is 11.5 Å². The summed E-state index contributed by atoms with van der Waals surface area (Å²) in [6, 6.07) is 1.70. The van der Waals surface area contributed by atoms with Crippen LogP contribution in [-0.4, -0.2) is 58.2 Å². The lowest BCUT2D eigenvalue weighted by Crippen LogP contribution is -2.44. The van der Waals surface area contributed by atoms with E-state index in [2.05, 4.69) is 31.8 Å². The van der Waals surface area contributed by atoms with E-state index in [1.807, 2.05) is 0 Å². The number of anilines is 1. The Bertz CT molecular complexity index is 822. The first-order chi connectivity index (χ1) is 11.2. The van der Waals surface area contributed by atoms with Gasteiger partial charge in [0.05, 0.1) is 29.7 Å². The van der Waals surface area contributed by atoms with Crippen molar-refractivity contribution in [2.75, 3.05) is 38.1 Å². The van der Waals surface area contributed by atoms with Crippen LogP contribution >= 0.6 is 0 Å². The quantitative estimate of drug-likeness (QED) is 0.772. The minimum absolute atomic E-state index is 0.0507. The van der Waals surface area contributed by atoms with Crippen LogP contribution in [0.2, 0.25) is 0 Å². The number of aromatic hydroxyl groups is 1. The summed E-state index contributed by atoms with van der Waals surface area (Å²) < 4.78 is 5.63. The summed E-state index contributed by atoms with van der Waals surface area (Å²) in [6.07, 6.45) is 6.73. The third kappa shape index (κ3) is 2.49. The van der Waals surface area contributed by atoms with E-state index in [0.717, 1.165) is 31.9 Å². The van der Waals surface area contributed by atoms with Crippen molar-refractivity contribution in [3.05, 3.63) is 30.9 Å². The first-order valence-corrected chi connectivity index (χ1v) is 7.54. The van der Waals surface area contributed by atoms with E-state index in [1.165, 1.54) is 0 Å². The molecule has 7 nitrogen and oxygen atoms in total. The number of nitrogens with zero attached hydrogens (tertiary/aromatic N) is 5. The van der Waals surface area contributed by atoms with Crippen molar-refractivity contribution in [3.63, 3.8) is 0 Å². The van der Waals surface area contributed by atoms with Gasteiger partial charge in [0.15, 0.2) is 17.2 Å². The van der Waals surface area contributed by atoms with Crippen LogP contribution in [0.5, 0.6) is 5.75 Å². The molecule has 0 unspecified atom stereocenters. The largest absolute Gasteiger partial charge is 0.504 e. The highest BCUT2D eigenvalue weighted by Crippen LogP contribution is 2.36. The molecule has 1 aliphatic rings. The normalized spacial score (nSPS) is 16.1. The summed E-state index contributed by atoms with van der Waals surface area (Å²) in [5.74, 6) is 0.698. The maximum atomic E-state index is 10.3. The van der Waals surface area contributed by atoms with Crippen LogP contribution in [0.4, 0.5) is 5.69 Å². The lowest BCUT2D eigenvalue weighted by atomic mass is 10.2. The molecule has 4 heterocycles. The summed E-state index contributed by atoms with van der Waals surface area (Å²) >= 11 is 0. The third-order valence-electron chi connectivity index (χ3n) is 4.18. The Morgan fingerprint density at radius 1 is 1.09 bits per heavy atom. The van der Waals surface area contributed by atoms with Crippen molar-refractivity contribution in [2.45, 2.75) is 0 Å². The number of furan rings is 1. The van der Waals surface area contributed by atoms with Crippen LogP contribution < -0.4 is 4.90 Å². The van der Waals surface area contributed by atoms with E-state index in [4.69, 9.17) is 4.42 Å². The molecule has 1 N–H and O–H groups in total. The lowest BCUT2D eigenvalue weighted by Gasteiger charge is -2.33. The highest BCUT2D eigenvalue weighted by molar-refractivity contribution is 5.89. The minimum Gasteiger partial charge on any atom is -0.504 e. The third-order valence-corrected chi connectivity index (χ3v) is 4.18. The maximum Gasteiger partial charge on any atom is 0.214 e. The molecule has 1 aliphatic heterocycles. The Kier molecular flexibility index (Phi) is 3.34. The first kappa shape index (κ1) is 14.0. The van der Waals surface area contributed by atoms with E-state index in [1.54, 1.807) is 30.9 Å². The van der Waals surface area contributed by atoms with Crippen molar-refractivity contribution in [1.29, 1.82) is 0 Å². The van der Waals surface area contributed by atoms with Gasteiger partial charge in [-0.25, -0.2) is 9.97 Å². The van der Waals surface area contributed by atoms with Gasteiger partial charge < -0.3 is 19.3 Å². The van der Waals surface area contributed by atoms with Crippen LogP contribution in [0.3, 0.4) is 0 Å². The molecule has 0 bridgehead atoms. The molecule has 3 aromatic rings. The maximum absolute atomic E-state index is 10.3. The highest BCUT2D eigenvalue weighted by Gasteiger charge is 2.19. The number of piperazine rings is 1. The lowest BCUT2D eigenvalue weighted by molar-refractivity contribution is 0.312. The van der Waals surface area contributed by atoms with Gasteiger partial charge in [-0.1, -0.05) is 0 Å². The summed E-state index contributed by atoms with van der Waals surface area (Å²) in [6.45, 7) is 3.97. The van der Waals surface area contributed by atoms with Crippen molar-refractivity contribution in [3.8, 4) is 17.3 Å². The first-order valence-electron chi connectivity index (χ1n) is 7.54. The molecule has 0 aromatic carbocycles. The van der Waals surface area contributed by atoms with Crippen molar-refractivity contribution in [2.24, 2.45) is 0 Å². The van der Waals surface area contributed by atoms with Crippen molar-refractivity contribution in [1.82, 2.24) is 19.9 Å². The Morgan fingerprint density at radius 2 is 1.83 bits per heavy atom. The van der Waals surface area contributed by atoms with E-state index >= 15 is 0 Å². The molecule has 1 saturated heterocycles. The second-order valence-electron chi connectivity index (χ2n) is 5.71. The van der Waals surface area contributed by atoms with Crippen LogP contribution in [-0.2, 0) is 0 Å². The summed E-state index contributed by atoms with van der Waals surface area (Å²) in [5.41, 5.74) is 1.51. The van der Waals surface area contributed by atoms with Crippen LogP contribution in [0, 0.1) is 0 Å². The van der Waals surface area contributed by atoms with Gasteiger partial charge >= 0.3 is 0 Å². The predicted molar refractivity (Wildman–Crippen MR) is 86.4 cm³/mol. The molecule has 0 amide bonds. The average molecular weight is 311 g/mol. The van der Waals surface area contributed by atoms with Gasteiger partial charge in [-0.15, -0.1) is 0 Å². The fraction of sp³-hybridized carbons (Fsp3) is 0.312. The van der Waals surface area contributed by atoms with Crippen LogP contribution in [0.25, 0.3) is 22.6 Å². The number of aromatic nitrogens is 3. The van der Waals surface area contributed by atoms with Crippen molar-refractivity contribution >= 4 is 16.7 Å². The number of likely N-dealkylation sites (N-methyl/N-ethyl adjacent to an activating group) is 1. The smallest absolute Gasteiger partial charge is 0.214 e. The molecule has 1 fully saturated rings. The Hall–Kier alpha value is -2.67. The molecule has 0 saturated carbocycles. The summed E-state index contributed by atoms with van der Waals surface area (Å²) in [5, 5.41) is 10.9. The molecule has 7 heteroatoms. The van der Waals surface area contributed by atoms with E-state index < -0.39 is 0 Å². The second kappa shape index (κ2) is 5.51. The van der Waals surface area contributed by atoms with Gasteiger partial charge in [0, 0.05) is 32.4 Å². The number of rotatable bonds is 2. The van der Waals surface area contributed by atoms with Gasteiger partial charge in [0.2, 0.25) is 5.76 Å². The molecule has 0 radical (unpaired) electrons. The number of hydrogen-bond acceptors (Lipinski definition) is 7. The van der Waals surface area contributed by atoms with Gasteiger partial charge in [-0.2, -0.15) is 0 Å². The Morgan fingerprint density at radius 3 is 2.52 bits per heavy atom. The SMILES string of the molecule is CN1CCN(c2cnc(-c3oc4cnccc4c3O)nc2)CC1. The molecule has 4 rings (SSSR count). The van der Waals surface area contributed by atoms with E-state index in [9.17, 15) is 5.11 Å². The molecule has 0 atom stereocenters. The fourth-order valence-corrected chi connectivity index (χ4v) is 2.76. The predicted octanol–water partition coefficient (Wildman–Crippen LogP) is 1.74. The summed E-state index contributed by atoms with van der Waals surface area (Å²) in [7, 11) is 2.12. The molecule has 3 aromatic heterocycles. The zero-order valence-electron chi connectivity index (χ0n) is 12.8. The molecule has 23 heavy (non-hydrogen) atoms. The standard InChI is InChI=1S/C16H17N5O2/c1-20-4-6-21(7-5-20)11-8-18-16(19-9-11)15-14(22)12-2-3-17-10-13(12)23-15/h2-3,8-10,22H,4-7H2,1H3. The van der Waals surface area contributed by atoms with E-state index in [0.29, 0.717) is 16.8 Å². The zero-order chi connectivity index (χ0) is 15.8. The monoisotopic (exact) mass is 311 g/mol. The van der Waals surface area contributed by atoms with Gasteiger partial charge in [0.1, 0.15) is 0 Å².